The van der Waals surface area contributed by atoms with Crippen molar-refractivity contribution in [3.63, 3.8) is 0 Å². The van der Waals surface area contributed by atoms with Gasteiger partial charge in [0.25, 0.3) is 0 Å². The number of aliphatic hydroxyl groups excluding tert-OH is 7. The Morgan fingerprint density at radius 3 is 1.56 bits per heavy atom. The predicted octanol–water partition coefficient (Wildman–Crippen LogP) is 6.85. The van der Waals surface area contributed by atoms with Gasteiger partial charge in [-0.3, -0.25) is 4.79 Å². The van der Waals surface area contributed by atoms with Gasteiger partial charge in [-0.25, -0.2) is 0 Å². The Morgan fingerprint density at radius 1 is 0.524 bits per heavy atom. The van der Waals surface area contributed by atoms with Crippen molar-refractivity contribution in [2.75, 3.05) is 33.0 Å². The number of rotatable bonds is 39. The van der Waals surface area contributed by atoms with Crippen LogP contribution in [0.2, 0.25) is 0 Å². The fourth-order valence-corrected chi connectivity index (χ4v) is 7.84. The Labute approximate surface area is 379 Å². The van der Waals surface area contributed by atoms with Gasteiger partial charge < -0.3 is 64.2 Å². The van der Waals surface area contributed by atoms with Gasteiger partial charge in [-0.05, 0) is 44.9 Å². The highest BCUT2D eigenvalue weighted by molar-refractivity contribution is 5.69. The van der Waals surface area contributed by atoms with Crippen LogP contribution in [0.15, 0.2) is 24.3 Å². The van der Waals surface area contributed by atoms with Crippen molar-refractivity contribution in [2.24, 2.45) is 0 Å². The summed E-state index contributed by atoms with van der Waals surface area (Å²) in [5.41, 5.74) is 0. The molecule has 370 valence electrons. The molecule has 2 aliphatic heterocycles. The maximum absolute atomic E-state index is 12.9. The molecule has 14 heteroatoms. The molecule has 14 nitrogen and oxygen atoms in total. The zero-order valence-corrected chi connectivity index (χ0v) is 39.1. The molecule has 63 heavy (non-hydrogen) atoms. The fraction of sp³-hybridized carbons (Fsp3) is 0.898. The molecule has 0 amide bonds. The van der Waals surface area contributed by atoms with E-state index in [-0.39, 0.29) is 25.6 Å². The van der Waals surface area contributed by atoms with Crippen molar-refractivity contribution in [2.45, 2.75) is 248 Å². The average molecular weight is 903 g/mol. The SMILES string of the molecule is CCCCC/C=C\C/C=C\CCCCCCCCCCOCC(COC1OC(COC2OC(CO)C(O)C(O)C2O)C(O)C(O)C1O)OC(=O)CCCCCCCCCCCCC. The molecule has 11 unspecified atom stereocenters. The number of ether oxygens (including phenoxy) is 6. The molecule has 7 N–H and O–H groups in total. The van der Waals surface area contributed by atoms with Gasteiger partial charge in [0.1, 0.15) is 54.9 Å². The summed E-state index contributed by atoms with van der Waals surface area (Å²) in [7, 11) is 0. The summed E-state index contributed by atoms with van der Waals surface area (Å²) >= 11 is 0. The number of carbonyl (C=O) groups is 1. The first kappa shape index (κ1) is 57.6. The zero-order chi connectivity index (χ0) is 45.9. The van der Waals surface area contributed by atoms with Crippen LogP contribution in [0.25, 0.3) is 0 Å². The standard InChI is InChI=1S/C49H90O14/c1-3-5-7-9-11-13-15-16-17-18-19-20-21-23-25-27-29-31-33-58-35-38(61-41(51)32-30-28-26-24-22-14-12-10-8-6-4-2)36-59-48-47(57)45(55)43(53)40(63-48)37-60-49-46(56)44(54)42(52)39(34-50)62-49/h11,13,16-17,38-40,42-50,52-57H,3-10,12,14-15,18-37H2,1-2H3/b13-11-,17-16-. The van der Waals surface area contributed by atoms with Gasteiger partial charge in [-0.2, -0.15) is 0 Å². The molecule has 0 radical (unpaired) electrons. The molecule has 2 heterocycles. The molecule has 0 aromatic heterocycles. The molecule has 2 rings (SSSR count). The number of allylic oxidation sites excluding steroid dienone is 4. The van der Waals surface area contributed by atoms with Crippen LogP contribution >= 0.6 is 0 Å². The lowest BCUT2D eigenvalue weighted by Crippen LogP contribution is -2.61. The second kappa shape index (κ2) is 37.5. The summed E-state index contributed by atoms with van der Waals surface area (Å²) in [4.78, 5) is 12.9. The van der Waals surface area contributed by atoms with E-state index in [1.54, 1.807) is 0 Å². The minimum atomic E-state index is -1.70. The fourth-order valence-electron chi connectivity index (χ4n) is 7.84. The minimum Gasteiger partial charge on any atom is -0.457 e. The molecular weight excluding hydrogens is 813 g/mol. The maximum atomic E-state index is 12.9. The van der Waals surface area contributed by atoms with E-state index in [1.165, 1.54) is 103 Å². The van der Waals surface area contributed by atoms with Gasteiger partial charge in [0.15, 0.2) is 12.6 Å². The van der Waals surface area contributed by atoms with Crippen LogP contribution in [0.5, 0.6) is 0 Å². The van der Waals surface area contributed by atoms with Gasteiger partial charge in [0.2, 0.25) is 0 Å². The summed E-state index contributed by atoms with van der Waals surface area (Å²) in [6.45, 7) is 3.65. The largest absolute Gasteiger partial charge is 0.457 e. The number of esters is 1. The monoisotopic (exact) mass is 903 g/mol. The van der Waals surface area contributed by atoms with E-state index in [1.807, 2.05) is 0 Å². The van der Waals surface area contributed by atoms with Gasteiger partial charge in [-0.15, -0.1) is 0 Å². The highest BCUT2D eigenvalue weighted by atomic mass is 16.7. The molecule has 0 aromatic carbocycles. The van der Waals surface area contributed by atoms with E-state index in [0.717, 1.165) is 51.4 Å². The van der Waals surface area contributed by atoms with Gasteiger partial charge in [0, 0.05) is 13.0 Å². The Balaban J connectivity index is 1.77. The molecule has 0 bridgehead atoms. The van der Waals surface area contributed by atoms with E-state index >= 15 is 0 Å². The maximum Gasteiger partial charge on any atom is 0.306 e. The number of unbranched alkanes of at least 4 members (excludes halogenated alkanes) is 21. The van der Waals surface area contributed by atoms with Crippen molar-refractivity contribution in [1.82, 2.24) is 0 Å². The van der Waals surface area contributed by atoms with Crippen molar-refractivity contribution < 1.29 is 69.0 Å². The summed E-state index contributed by atoms with van der Waals surface area (Å²) in [6, 6.07) is 0. The highest BCUT2D eigenvalue weighted by Gasteiger charge is 2.47. The lowest BCUT2D eigenvalue weighted by atomic mass is 9.98. The van der Waals surface area contributed by atoms with Crippen LogP contribution in [-0.2, 0) is 33.2 Å². The topological polar surface area (TPSA) is 214 Å². The second-order valence-electron chi connectivity index (χ2n) is 17.6. The van der Waals surface area contributed by atoms with Crippen molar-refractivity contribution in [3.8, 4) is 0 Å². The van der Waals surface area contributed by atoms with Crippen molar-refractivity contribution in [1.29, 1.82) is 0 Å². The Bertz CT molecular complexity index is 1140. The predicted molar refractivity (Wildman–Crippen MR) is 243 cm³/mol. The molecular formula is C49H90O14. The summed E-state index contributed by atoms with van der Waals surface area (Å²) in [5, 5.41) is 72.0. The molecule has 0 aromatic rings. The quantitative estimate of drug-likeness (QED) is 0.0191. The molecule has 0 spiro atoms. The van der Waals surface area contributed by atoms with Gasteiger partial charge in [0.05, 0.1) is 26.4 Å². The van der Waals surface area contributed by atoms with E-state index in [4.69, 9.17) is 28.4 Å². The number of hydrogen-bond donors (Lipinski definition) is 7. The van der Waals surface area contributed by atoms with Crippen LogP contribution in [0.1, 0.15) is 181 Å². The van der Waals surface area contributed by atoms with Crippen LogP contribution in [0, 0.1) is 0 Å². The average Bonchev–Trinajstić information content (AvgIpc) is 3.28. The molecule has 0 saturated carbocycles. The molecule has 2 fully saturated rings. The van der Waals surface area contributed by atoms with Gasteiger partial charge >= 0.3 is 5.97 Å². The van der Waals surface area contributed by atoms with E-state index in [0.29, 0.717) is 13.0 Å². The molecule has 0 aliphatic carbocycles. The van der Waals surface area contributed by atoms with Crippen molar-refractivity contribution >= 4 is 5.97 Å². The third-order valence-corrected chi connectivity index (χ3v) is 12.0. The highest BCUT2D eigenvalue weighted by Crippen LogP contribution is 2.26. The van der Waals surface area contributed by atoms with Gasteiger partial charge in [-0.1, -0.05) is 154 Å². The number of carbonyl (C=O) groups excluding carboxylic acids is 1. The number of aliphatic hydroxyl groups is 7. The molecule has 11 atom stereocenters. The number of hydrogen-bond acceptors (Lipinski definition) is 14. The zero-order valence-electron chi connectivity index (χ0n) is 39.1. The van der Waals surface area contributed by atoms with Crippen molar-refractivity contribution in [3.05, 3.63) is 24.3 Å². The van der Waals surface area contributed by atoms with E-state index in [2.05, 4.69) is 38.2 Å². The van der Waals surface area contributed by atoms with Crippen LogP contribution in [-0.4, -0.2) is 142 Å². The summed E-state index contributed by atoms with van der Waals surface area (Å²) < 4.78 is 34.2. The van der Waals surface area contributed by atoms with Crippen LogP contribution < -0.4 is 0 Å². The molecule has 2 saturated heterocycles. The summed E-state index contributed by atoms with van der Waals surface area (Å²) in [6.07, 6.45) is 22.4. The third-order valence-electron chi connectivity index (χ3n) is 12.0. The smallest absolute Gasteiger partial charge is 0.306 e. The van der Waals surface area contributed by atoms with E-state index < -0.39 is 80.7 Å². The first-order valence-electron chi connectivity index (χ1n) is 24.9. The first-order valence-corrected chi connectivity index (χ1v) is 24.9. The third kappa shape index (κ3) is 25.8. The first-order chi connectivity index (χ1) is 30.6. The van der Waals surface area contributed by atoms with Crippen LogP contribution in [0.3, 0.4) is 0 Å². The Morgan fingerprint density at radius 2 is 0.984 bits per heavy atom. The minimum absolute atomic E-state index is 0.0608. The molecule has 2 aliphatic rings. The second-order valence-corrected chi connectivity index (χ2v) is 17.6. The van der Waals surface area contributed by atoms with E-state index in [9.17, 15) is 40.5 Å². The normalized spacial score (nSPS) is 27.1. The summed E-state index contributed by atoms with van der Waals surface area (Å²) in [5.74, 6) is -0.379. The Hall–Kier alpha value is -1.53. The van der Waals surface area contributed by atoms with Crippen LogP contribution in [0.4, 0.5) is 0 Å². The lowest BCUT2D eigenvalue weighted by molar-refractivity contribution is -0.332. The Kier molecular flexibility index (Phi) is 34.3. The lowest BCUT2D eigenvalue weighted by Gasteiger charge is -2.42.